The van der Waals surface area contributed by atoms with E-state index in [-0.39, 0.29) is 23.6 Å². The minimum Gasteiger partial charge on any atom is -0.478 e. The average Bonchev–Trinajstić information content (AvgIpc) is 3.04. The van der Waals surface area contributed by atoms with Gasteiger partial charge in [0.25, 0.3) is 5.56 Å². The van der Waals surface area contributed by atoms with Gasteiger partial charge in [0.1, 0.15) is 6.54 Å². The molecule has 0 radical (unpaired) electrons. The topological polar surface area (TPSA) is 79.6 Å². The van der Waals surface area contributed by atoms with Gasteiger partial charge in [-0.3, -0.25) is 14.2 Å². The van der Waals surface area contributed by atoms with Crippen molar-refractivity contribution in [3.05, 3.63) is 45.2 Å². The molecule has 0 atom stereocenters. The molecule has 1 aromatic heterocycles. The summed E-state index contributed by atoms with van der Waals surface area (Å²) in [6, 6.07) is 4.72. The van der Waals surface area contributed by atoms with E-state index < -0.39 is 5.97 Å². The van der Waals surface area contributed by atoms with Crippen molar-refractivity contribution in [2.24, 2.45) is 0 Å². The van der Waals surface area contributed by atoms with Crippen LogP contribution in [-0.4, -0.2) is 39.5 Å². The summed E-state index contributed by atoms with van der Waals surface area (Å²) in [7, 11) is 0. The fourth-order valence-electron chi connectivity index (χ4n) is 3.47. The third-order valence-corrected chi connectivity index (χ3v) is 4.72. The molecule has 1 amide bonds. The van der Waals surface area contributed by atoms with Crippen molar-refractivity contribution < 1.29 is 14.7 Å². The van der Waals surface area contributed by atoms with E-state index in [2.05, 4.69) is 0 Å². The van der Waals surface area contributed by atoms with Crippen LogP contribution in [0.15, 0.2) is 23.0 Å². The number of aromatic carboxylic acids is 1. The molecular formula is C18H20N2O4. The smallest absolute Gasteiger partial charge is 0.336 e. The van der Waals surface area contributed by atoms with Crippen LogP contribution in [0, 0.1) is 13.8 Å². The maximum absolute atomic E-state index is 12.4. The lowest BCUT2D eigenvalue weighted by Crippen LogP contribution is -2.34. The second kappa shape index (κ2) is 6.11. The van der Waals surface area contributed by atoms with Gasteiger partial charge in [0, 0.05) is 24.5 Å². The Morgan fingerprint density at radius 1 is 1.17 bits per heavy atom. The molecule has 3 rings (SSSR count). The van der Waals surface area contributed by atoms with Gasteiger partial charge in [-0.25, -0.2) is 4.79 Å². The number of pyridine rings is 1. The molecule has 24 heavy (non-hydrogen) atoms. The number of hydrogen-bond donors (Lipinski definition) is 1. The molecule has 0 aliphatic carbocycles. The van der Waals surface area contributed by atoms with Crippen LogP contribution in [0.25, 0.3) is 10.9 Å². The van der Waals surface area contributed by atoms with Gasteiger partial charge in [0.2, 0.25) is 5.91 Å². The van der Waals surface area contributed by atoms with E-state index in [1.54, 1.807) is 30.9 Å². The summed E-state index contributed by atoms with van der Waals surface area (Å²) in [5, 5.41) is 10.1. The first kappa shape index (κ1) is 16.2. The fraction of sp³-hybridized carbons (Fsp3) is 0.389. The third-order valence-electron chi connectivity index (χ3n) is 4.72. The number of amides is 1. The Bertz CT molecular complexity index is 892. The molecular weight excluding hydrogens is 308 g/mol. The lowest BCUT2D eigenvalue weighted by Gasteiger charge is -2.18. The first-order valence-electron chi connectivity index (χ1n) is 8.05. The van der Waals surface area contributed by atoms with Crippen molar-refractivity contribution in [2.75, 3.05) is 13.1 Å². The zero-order valence-electron chi connectivity index (χ0n) is 13.8. The summed E-state index contributed by atoms with van der Waals surface area (Å²) < 4.78 is 1.45. The van der Waals surface area contributed by atoms with Crippen LogP contribution in [-0.2, 0) is 11.3 Å². The zero-order valence-corrected chi connectivity index (χ0v) is 13.8. The Morgan fingerprint density at radius 2 is 1.83 bits per heavy atom. The van der Waals surface area contributed by atoms with Gasteiger partial charge in [0.15, 0.2) is 0 Å². The Labute approximate surface area is 139 Å². The van der Waals surface area contributed by atoms with Gasteiger partial charge in [-0.2, -0.15) is 0 Å². The molecule has 1 aliphatic heterocycles. The SMILES string of the molecule is Cc1cc2c(ccc(=O)n2CC(=O)N2CCCC2)c(C)c1C(=O)O. The number of carbonyl (C=O) groups excluding carboxylic acids is 1. The molecule has 0 unspecified atom stereocenters. The van der Waals surface area contributed by atoms with E-state index >= 15 is 0 Å². The third kappa shape index (κ3) is 2.68. The highest BCUT2D eigenvalue weighted by Crippen LogP contribution is 2.24. The summed E-state index contributed by atoms with van der Waals surface area (Å²) in [6.07, 6.45) is 1.99. The van der Waals surface area contributed by atoms with Crippen LogP contribution >= 0.6 is 0 Å². The molecule has 2 heterocycles. The van der Waals surface area contributed by atoms with Crippen molar-refractivity contribution in [2.45, 2.75) is 33.2 Å². The highest BCUT2D eigenvalue weighted by Gasteiger charge is 2.21. The van der Waals surface area contributed by atoms with Gasteiger partial charge < -0.3 is 10.0 Å². The molecule has 1 saturated heterocycles. The maximum atomic E-state index is 12.4. The number of rotatable bonds is 3. The molecule has 1 aromatic carbocycles. The van der Waals surface area contributed by atoms with E-state index in [4.69, 9.17) is 0 Å². The minimum atomic E-state index is -0.988. The molecule has 1 N–H and O–H groups in total. The van der Waals surface area contributed by atoms with Gasteiger partial charge >= 0.3 is 5.97 Å². The summed E-state index contributed by atoms with van der Waals surface area (Å²) in [5.74, 6) is -1.06. The van der Waals surface area contributed by atoms with Crippen LogP contribution in [0.5, 0.6) is 0 Å². The number of carboxylic acid groups (broad SMARTS) is 1. The van der Waals surface area contributed by atoms with E-state index in [9.17, 15) is 19.5 Å². The summed E-state index contributed by atoms with van der Waals surface area (Å²) in [4.78, 5) is 38.0. The van der Waals surface area contributed by atoms with Crippen molar-refractivity contribution in [1.82, 2.24) is 9.47 Å². The normalized spacial score (nSPS) is 14.3. The van der Waals surface area contributed by atoms with Gasteiger partial charge in [-0.15, -0.1) is 0 Å². The molecule has 6 heteroatoms. The molecule has 0 spiro atoms. The number of aryl methyl sites for hydroxylation is 2. The predicted octanol–water partition coefficient (Wildman–Crippen LogP) is 1.94. The van der Waals surface area contributed by atoms with Crippen LogP contribution in [0.4, 0.5) is 0 Å². The van der Waals surface area contributed by atoms with Crippen molar-refractivity contribution in [3.8, 4) is 0 Å². The Morgan fingerprint density at radius 3 is 2.46 bits per heavy atom. The molecule has 2 aromatic rings. The second-order valence-electron chi connectivity index (χ2n) is 6.28. The lowest BCUT2D eigenvalue weighted by molar-refractivity contribution is -0.130. The number of carbonyl (C=O) groups is 2. The van der Waals surface area contributed by atoms with E-state index in [1.807, 2.05) is 0 Å². The van der Waals surface area contributed by atoms with Crippen LogP contribution in [0.2, 0.25) is 0 Å². The van der Waals surface area contributed by atoms with Gasteiger partial charge in [-0.05, 0) is 49.9 Å². The van der Waals surface area contributed by atoms with Gasteiger partial charge in [-0.1, -0.05) is 0 Å². The van der Waals surface area contributed by atoms with Crippen LogP contribution < -0.4 is 5.56 Å². The number of likely N-dealkylation sites (tertiary alicyclic amines) is 1. The van der Waals surface area contributed by atoms with Gasteiger partial charge in [0.05, 0.1) is 11.1 Å². The number of carboxylic acids is 1. The fourth-order valence-corrected chi connectivity index (χ4v) is 3.47. The summed E-state index contributed by atoms with van der Waals surface area (Å²) in [5.41, 5.74) is 1.80. The molecule has 6 nitrogen and oxygen atoms in total. The van der Waals surface area contributed by atoms with Crippen LogP contribution in [0.1, 0.15) is 34.3 Å². The average molecular weight is 328 g/mol. The predicted molar refractivity (Wildman–Crippen MR) is 90.5 cm³/mol. The zero-order chi connectivity index (χ0) is 17.4. The number of fused-ring (bicyclic) bond motifs is 1. The monoisotopic (exact) mass is 328 g/mol. The maximum Gasteiger partial charge on any atom is 0.336 e. The molecule has 0 saturated carbocycles. The number of nitrogens with zero attached hydrogens (tertiary/aromatic N) is 2. The summed E-state index contributed by atoms with van der Waals surface area (Å²) >= 11 is 0. The Balaban J connectivity index is 2.13. The quantitative estimate of drug-likeness (QED) is 0.934. The largest absolute Gasteiger partial charge is 0.478 e. The standard InChI is InChI=1S/C18H20N2O4/c1-11-9-14-13(12(2)17(11)18(23)24)5-6-15(21)20(14)10-16(22)19-7-3-4-8-19/h5-6,9H,3-4,7-8,10H2,1-2H3,(H,23,24). The highest BCUT2D eigenvalue weighted by atomic mass is 16.4. The molecule has 1 aliphatic rings. The van der Waals surface area contributed by atoms with Crippen molar-refractivity contribution >= 4 is 22.8 Å². The molecule has 0 bridgehead atoms. The van der Waals surface area contributed by atoms with Crippen molar-refractivity contribution in [3.63, 3.8) is 0 Å². The summed E-state index contributed by atoms with van der Waals surface area (Å²) in [6.45, 7) is 4.90. The number of aromatic nitrogens is 1. The van der Waals surface area contributed by atoms with E-state index in [0.29, 0.717) is 22.0 Å². The highest BCUT2D eigenvalue weighted by molar-refractivity contribution is 5.98. The van der Waals surface area contributed by atoms with Crippen LogP contribution in [0.3, 0.4) is 0 Å². The second-order valence-corrected chi connectivity index (χ2v) is 6.28. The van der Waals surface area contributed by atoms with Crippen molar-refractivity contribution in [1.29, 1.82) is 0 Å². The van der Waals surface area contributed by atoms with E-state index in [1.165, 1.54) is 10.6 Å². The molecule has 126 valence electrons. The first-order chi connectivity index (χ1) is 11.4. The number of benzene rings is 1. The number of hydrogen-bond acceptors (Lipinski definition) is 3. The Hall–Kier alpha value is -2.63. The van der Waals surface area contributed by atoms with E-state index in [0.717, 1.165) is 25.9 Å². The minimum absolute atomic E-state index is 0.0124. The Kier molecular flexibility index (Phi) is 4.13. The lowest BCUT2D eigenvalue weighted by atomic mass is 9.98. The first-order valence-corrected chi connectivity index (χ1v) is 8.05. The molecule has 1 fully saturated rings.